The van der Waals surface area contributed by atoms with Crippen molar-refractivity contribution in [3.05, 3.63) is 0 Å². The van der Waals surface area contributed by atoms with Crippen LogP contribution in [0.3, 0.4) is 0 Å². The van der Waals surface area contributed by atoms with E-state index in [-0.39, 0.29) is 7.12 Å². The Morgan fingerprint density at radius 1 is 0.857 bits per heavy atom. The Balaban J connectivity index is 2.99. The lowest BCUT2D eigenvalue weighted by atomic mass is 10.0. The van der Waals surface area contributed by atoms with E-state index < -0.39 is 0 Å². The average Bonchev–Trinajstić information content (AvgIpc) is 1.72. The molecule has 0 unspecified atom stereocenters. The molecule has 0 heterocycles. The number of hydrogen-bond donors (Lipinski definition) is 6. The van der Waals surface area contributed by atoms with Gasteiger partial charge in [0.05, 0.1) is 0 Å². The average molecular weight is 155 g/mol. The molecule has 3 nitrogen and oxygen atoms in total. The van der Waals surface area contributed by atoms with Gasteiger partial charge in [0.2, 0.25) is 0 Å². The van der Waals surface area contributed by atoms with Crippen LogP contribution in [-0.2, 0) is 0 Å². The van der Waals surface area contributed by atoms with Crippen molar-refractivity contribution in [3.8, 4) is 0 Å². The largest absolute Gasteiger partial charge is 0.424 e. The van der Waals surface area contributed by atoms with E-state index in [1.165, 1.54) is 0 Å². The summed E-state index contributed by atoms with van der Waals surface area (Å²) in [4.78, 5) is 0. The summed E-state index contributed by atoms with van der Waals surface area (Å²) in [5.74, 6) is 0. The highest BCUT2D eigenvalue weighted by molar-refractivity contribution is 7.83. The van der Waals surface area contributed by atoms with Gasteiger partial charge in [0.15, 0.2) is 0 Å². The molecule has 0 aliphatic carbocycles. The highest BCUT2D eigenvalue weighted by atomic mass is 32.1. The molecule has 42 valence electrons. The van der Waals surface area contributed by atoms with Crippen LogP contribution in [0.1, 0.15) is 0 Å². The van der Waals surface area contributed by atoms with Gasteiger partial charge in [-0.05, 0) is 0 Å². The summed E-state index contributed by atoms with van der Waals surface area (Å²) >= 11 is 11.1. The molecule has 0 rings (SSSR count). The molecule has 0 bridgehead atoms. The highest BCUT2D eigenvalue weighted by Gasteiger charge is 2.05. The Hall–Kier alpha value is 0.995. The van der Waals surface area contributed by atoms with Gasteiger partial charge in [0.1, 0.15) is 0 Å². The molecule has 0 radical (unpaired) electrons. The van der Waals surface area contributed by atoms with E-state index in [1.54, 1.807) is 0 Å². The monoisotopic (exact) mass is 155 g/mol. The van der Waals surface area contributed by atoms with Crippen LogP contribution >= 0.6 is 38.4 Å². The molecule has 0 saturated heterocycles. The van der Waals surface area contributed by atoms with Gasteiger partial charge in [-0.25, -0.2) is 0 Å². The summed E-state index contributed by atoms with van der Waals surface area (Å²) in [7, 11) is -0.171. The maximum atomic E-state index is 3.70. The lowest BCUT2D eigenvalue weighted by Gasteiger charge is -2.02. The minimum atomic E-state index is -0.171. The van der Waals surface area contributed by atoms with Crippen LogP contribution in [-0.4, -0.2) is 7.12 Å². The van der Waals surface area contributed by atoms with E-state index in [9.17, 15) is 0 Å². The van der Waals surface area contributed by atoms with E-state index in [0.717, 1.165) is 0 Å². The van der Waals surface area contributed by atoms with Gasteiger partial charge in [-0.3, -0.25) is 13.9 Å². The van der Waals surface area contributed by atoms with Crippen molar-refractivity contribution in [1.82, 2.24) is 13.9 Å². The standard InChI is InChI=1S/BH6N3S3/c5-2-1(3-6)4-7/h2-7H. The van der Waals surface area contributed by atoms with Crippen molar-refractivity contribution < 1.29 is 0 Å². The zero-order valence-electron chi connectivity index (χ0n) is 3.42. The van der Waals surface area contributed by atoms with Gasteiger partial charge in [-0.15, -0.1) is 38.4 Å². The Bertz CT molecular complexity index is 31.7. The van der Waals surface area contributed by atoms with Gasteiger partial charge in [0.25, 0.3) is 0 Å². The van der Waals surface area contributed by atoms with Crippen molar-refractivity contribution in [1.29, 1.82) is 0 Å². The molecule has 0 aliphatic heterocycles. The second kappa shape index (κ2) is 5.14. The zero-order chi connectivity index (χ0) is 5.70. The summed E-state index contributed by atoms with van der Waals surface area (Å²) in [5.41, 5.74) is 0. The van der Waals surface area contributed by atoms with Gasteiger partial charge in [-0.1, -0.05) is 0 Å². The summed E-state index contributed by atoms with van der Waals surface area (Å²) in [6.07, 6.45) is 0. The van der Waals surface area contributed by atoms with Gasteiger partial charge >= 0.3 is 7.12 Å². The molecule has 0 aliphatic rings. The maximum Gasteiger partial charge on any atom is 0.424 e. The van der Waals surface area contributed by atoms with E-state index in [2.05, 4.69) is 52.3 Å². The first-order valence-electron chi connectivity index (χ1n) is 1.54. The first-order chi connectivity index (χ1) is 3.35. The third-order valence-electron chi connectivity index (χ3n) is 0.387. The Kier molecular flexibility index (Phi) is 5.87. The van der Waals surface area contributed by atoms with Crippen molar-refractivity contribution in [2.75, 3.05) is 0 Å². The van der Waals surface area contributed by atoms with Crippen LogP contribution in [0.5, 0.6) is 0 Å². The number of nitrogens with one attached hydrogen (secondary N) is 3. The van der Waals surface area contributed by atoms with Crippen LogP contribution in [0.2, 0.25) is 0 Å². The summed E-state index contributed by atoms with van der Waals surface area (Å²) < 4.78 is 7.56. The summed E-state index contributed by atoms with van der Waals surface area (Å²) in [6, 6.07) is 0. The minimum absolute atomic E-state index is 0.171. The Morgan fingerprint density at radius 2 is 1.14 bits per heavy atom. The first kappa shape index (κ1) is 7.99. The second-order valence-electron chi connectivity index (χ2n) is 0.820. The third-order valence-corrected chi connectivity index (χ3v) is 1.16. The fraction of sp³-hybridized carbons (Fsp3) is 0. The highest BCUT2D eigenvalue weighted by Crippen LogP contribution is 1.70. The van der Waals surface area contributed by atoms with E-state index in [4.69, 9.17) is 0 Å². The first-order valence-corrected chi connectivity index (χ1v) is 2.88. The van der Waals surface area contributed by atoms with Gasteiger partial charge in [0, 0.05) is 0 Å². The van der Waals surface area contributed by atoms with Crippen LogP contribution in [0.15, 0.2) is 0 Å². The summed E-state index contributed by atoms with van der Waals surface area (Å²) in [6.45, 7) is 0. The molecule has 3 N–H and O–H groups in total. The van der Waals surface area contributed by atoms with Crippen LogP contribution in [0, 0.1) is 0 Å². The Labute approximate surface area is 59.8 Å². The maximum absolute atomic E-state index is 3.70. The molecule has 7 heteroatoms. The van der Waals surface area contributed by atoms with Gasteiger partial charge < -0.3 is 0 Å². The van der Waals surface area contributed by atoms with E-state index in [0.29, 0.717) is 0 Å². The van der Waals surface area contributed by atoms with Crippen molar-refractivity contribution in [2.24, 2.45) is 0 Å². The summed E-state index contributed by atoms with van der Waals surface area (Å²) in [5, 5.41) is 0. The van der Waals surface area contributed by atoms with E-state index >= 15 is 0 Å². The topological polar surface area (TPSA) is 36.1 Å². The van der Waals surface area contributed by atoms with Crippen molar-refractivity contribution in [3.63, 3.8) is 0 Å². The molecule has 0 fully saturated rings. The van der Waals surface area contributed by atoms with Crippen LogP contribution in [0.4, 0.5) is 0 Å². The normalized spacial score (nSPS) is 9.00. The molecule has 0 aromatic heterocycles. The second-order valence-corrected chi connectivity index (χ2v) is 1.59. The van der Waals surface area contributed by atoms with Crippen molar-refractivity contribution in [2.45, 2.75) is 0 Å². The molecular weight excluding hydrogens is 149 g/mol. The van der Waals surface area contributed by atoms with E-state index in [1.807, 2.05) is 0 Å². The predicted molar refractivity (Wildman–Crippen MR) is 42.1 cm³/mol. The lowest BCUT2D eigenvalue weighted by molar-refractivity contribution is 1.34. The molecule has 0 aromatic carbocycles. The smallest absolute Gasteiger partial charge is 0.275 e. The Morgan fingerprint density at radius 3 is 1.14 bits per heavy atom. The molecule has 0 amide bonds. The third kappa shape index (κ3) is 3.57. The molecule has 0 spiro atoms. The van der Waals surface area contributed by atoms with Crippen molar-refractivity contribution >= 4 is 45.6 Å². The molecule has 0 atom stereocenters. The van der Waals surface area contributed by atoms with Crippen LogP contribution in [0.25, 0.3) is 0 Å². The zero-order valence-corrected chi connectivity index (χ0v) is 6.10. The fourth-order valence-electron chi connectivity index (χ4n) is 0.0866. The molecule has 0 saturated carbocycles. The minimum Gasteiger partial charge on any atom is -0.275 e. The fourth-order valence-corrected chi connectivity index (χ4v) is 0.779. The number of hydrogen-bond acceptors (Lipinski definition) is 6. The van der Waals surface area contributed by atoms with Crippen LogP contribution < -0.4 is 13.9 Å². The number of rotatable bonds is 3. The quantitative estimate of drug-likeness (QED) is 0.240. The lowest BCUT2D eigenvalue weighted by Crippen LogP contribution is -2.47. The molecular formula is H6BN3S3. The molecule has 0 aromatic rings. The molecule has 7 heavy (non-hydrogen) atoms. The predicted octanol–water partition coefficient (Wildman–Crippen LogP) is -0.726. The number of thiol groups is 3. The van der Waals surface area contributed by atoms with Gasteiger partial charge in [-0.2, -0.15) is 0 Å². The SMILES string of the molecule is SNB(NS)NS.